The summed E-state index contributed by atoms with van der Waals surface area (Å²) in [5.41, 5.74) is 3.20. The summed E-state index contributed by atoms with van der Waals surface area (Å²) in [4.78, 5) is 5.28. The number of nitrogens with zero attached hydrogens (tertiary/aromatic N) is 1. The number of hydrogen-bond donors (Lipinski definition) is 2. The number of thiazole rings is 1. The molecule has 0 aliphatic carbocycles. The van der Waals surface area contributed by atoms with Gasteiger partial charge >= 0.3 is 0 Å². The molecule has 0 aromatic carbocycles. The van der Waals surface area contributed by atoms with E-state index in [9.17, 15) is 8.42 Å². The molecular weight excluding hydrogens is 302 g/mol. The summed E-state index contributed by atoms with van der Waals surface area (Å²) in [5.74, 6) is 0. The minimum absolute atomic E-state index is 0.222. The molecule has 0 unspecified atom stereocenters. The van der Waals surface area contributed by atoms with E-state index in [2.05, 4.69) is 15.0 Å². The molecule has 0 radical (unpaired) electrons. The SMILES string of the molecule is CNCc1scc(C)c1S(=O)(=O)NCc1cscn1. The molecule has 2 aromatic rings. The first-order valence-corrected chi connectivity index (χ1v) is 8.93. The highest BCUT2D eigenvalue weighted by Crippen LogP contribution is 2.26. The number of rotatable bonds is 6. The molecule has 2 rings (SSSR count). The van der Waals surface area contributed by atoms with E-state index in [0.29, 0.717) is 11.4 Å². The van der Waals surface area contributed by atoms with Crippen molar-refractivity contribution in [2.75, 3.05) is 7.05 Å². The minimum Gasteiger partial charge on any atom is -0.315 e. The first kappa shape index (κ1) is 14.6. The highest BCUT2D eigenvalue weighted by molar-refractivity contribution is 7.89. The van der Waals surface area contributed by atoms with Crippen molar-refractivity contribution < 1.29 is 8.42 Å². The molecule has 0 amide bonds. The van der Waals surface area contributed by atoms with Crippen LogP contribution in [-0.4, -0.2) is 20.4 Å². The van der Waals surface area contributed by atoms with E-state index in [1.165, 1.54) is 22.7 Å². The van der Waals surface area contributed by atoms with Gasteiger partial charge in [0.2, 0.25) is 10.0 Å². The zero-order valence-electron chi connectivity index (χ0n) is 10.6. The van der Waals surface area contributed by atoms with Gasteiger partial charge in [0.05, 0.1) is 17.7 Å². The summed E-state index contributed by atoms with van der Waals surface area (Å²) in [7, 11) is -1.69. The lowest BCUT2D eigenvalue weighted by Gasteiger charge is -2.08. The molecular formula is C11H15N3O2S3. The summed E-state index contributed by atoms with van der Waals surface area (Å²) >= 11 is 2.90. The third-order valence-electron chi connectivity index (χ3n) is 2.52. The molecule has 0 spiro atoms. The Kier molecular flexibility index (Phi) is 4.69. The molecule has 2 aromatic heterocycles. The zero-order chi connectivity index (χ0) is 13.9. The number of thiophene rings is 1. The molecule has 0 bridgehead atoms. The van der Waals surface area contributed by atoms with Gasteiger partial charge < -0.3 is 5.32 Å². The van der Waals surface area contributed by atoms with Crippen LogP contribution >= 0.6 is 22.7 Å². The lowest BCUT2D eigenvalue weighted by Crippen LogP contribution is -2.25. The van der Waals surface area contributed by atoms with Gasteiger partial charge in [-0.05, 0) is 24.9 Å². The van der Waals surface area contributed by atoms with Crippen molar-refractivity contribution in [2.45, 2.75) is 24.9 Å². The lowest BCUT2D eigenvalue weighted by molar-refractivity contribution is 0.579. The number of aromatic nitrogens is 1. The monoisotopic (exact) mass is 317 g/mol. The van der Waals surface area contributed by atoms with Crippen LogP contribution in [0.15, 0.2) is 21.2 Å². The molecule has 0 aliphatic rings. The van der Waals surface area contributed by atoms with Crippen molar-refractivity contribution in [1.82, 2.24) is 15.0 Å². The van der Waals surface area contributed by atoms with Gasteiger partial charge in [-0.25, -0.2) is 18.1 Å². The van der Waals surface area contributed by atoms with Crippen molar-refractivity contribution in [3.8, 4) is 0 Å². The van der Waals surface area contributed by atoms with Crippen LogP contribution in [0.3, 0.4) is 0 Å². The van der Waals surface area contributed by atoms with Gasteiger partial charge in [0.1, 0.15) is 4.90 Å². The van der Waals surface area contributed by atoms with Crippen molar-refractivity contribution in [3.63, 3.8) is 0 Å². The van der Waals surface area contributed by atoms with Crippen LogP contribution in [0.5, 0.6) is 0 Å². The molecule has 0 saturated carbocycles. The smallest absolute Gasteiger partial charge is 0.242 e. The topological polar surface area (TPSA) is 71.1 Å². The van der Waals surface area contributed by atoms with Gasteiger partial charge in [0.15, 0.2) is 0 Å². The maximum Gasteiger partial charge on any atom is 0.242 e. The molecule has 2 N–H and O–H groups in total. The Labute approximate surface area is 120 Å². The standard InChI is InChI=1S/C11H15N3O2S3/c1-8-5-18-10(4-12-2)11(8)19(15,16)14-3-9-6-17-7-13-9/h5-7,12,14H,3-4H2,1-2H3. The summed E-state index contributed by atoms with van der Waals surface area (Å²) in [6, 6.07) is 0. The van der Waals surface area contributed by atoms with Gasteiger partial charge in [-0.1, -0.05) is 0 Å². The van der Waals surface area contributed by atoms with E-state index >= 15 is 0 Å². The van der Waals surface area contributed by atoms with Crippen LogP contribution in [0.2, 0.25) is 0 Å². The van der Waals surface area contributed by atoms with Crippen molar-refractivity contribution >= 4 is 32.7 Å². The Hall–Kier alpha value is -0.800. The predicted molar refractivity (Wildman–Crippen MR) is 78.0 cm³/mol. The van der Waals surface area contributed by atoms with Crippen LogP contribution in [0.4, 0.5) is 0 Å². The van der Waals surface area contributed by atoms with Crippen molar-refractivity contribution in [3.05, 3.63) is 32.4 Å². The second-order valence-electron chi connectivity index (χ2n) is 4.01. The Morgan fingerprint density at radius 2 is 2.11 bits per heavy atom. The van der Waals surface area contributed by atoms with E-state index in [4.69, 9.17) is 0 Å². The second-order valence-corrected chi connectivity index (χ2v) is 7.39. The summed E-state index contributed by atoms with van der Waals surface area (Å²) < 4.78 is 27.3. The maximum absolute atomic E-state index is 12.3. The van der Waals surface area contributed by atoms with Crippen molar-refractivity contribution in [1.29, 1.82) is 0 Å². The minimum atomic E-state index is -3.49. The van der Waals surface area contributed by atoms with E-state index in [1.54, 1.807) is 12.6 Å². The van der Waals surface area contributed by atoms with Crippen LogP contribution in [0.25, 0.3) is 0 Å². The van der Waals surface area contributed by atoms with Crippen LogP contribution < -0.4 is 10.0 Å². The average molecular weight is 317 g/mol. The molecule has 2 heterocycles. The Balaban J connectivity index is 2.21. The van der Waals surface area contributed by atoms with E-state index < -0.39 is 10.0 Å². The molecule has 8 heteroatoms. The summed E-state index contributed by atoms with van der Waals surface area (Å²) in [5, 5.41) is 6.68. The third-order valence-corrected chi connectivity index (χ3v) is 6.02. The average Bonchev–Trinajstić information content (AvgIpc) is 2.97. The molecule has 5 nitrogen and oxygen atoms in total. The van der Waals surface area contributed by atoms with Gasteiger partial charge in [-0.2, -0.15) is 0 Å². The van der Waals surface area contributed by atoms with E-state index in [1.807, 2.05) is 17.7 Å². The molecule has 0 fully saturated rings. The second kappa shape index (κ2) is 6.10. The zero-order valence-corrected chi connectivity index (χ0v) is 13.1. The summed E-state index contributed by atoms with van der Waals surface area (Å²) in [6.07, 6.45) is 0. The fourth-order valence-electron chi connectivity index (χ4n) is 1.70. The number of nitrogens with one attached hydrogen (secondary N) is 2. The Bertz CT molecular complexity index is 632. The number of sulfonamides is 1. The fourth-order valence-corrected chi connectivity index (χ4v) is 5.07. The molecule has 0 saturated heterocycles. The lowest BCUT2D eigenvalue weighted by atomic mass is 10.3. The number of hydrogen-bond acceptors (Lipinski definition) is 6. The highest BCUT2D eigenvalue weighted by Gasteiger charge is 2.22. The van der Waals surface area contributed by atoms with E-state index in [0.717, 1.165) is 16.1 Å². The molecule has 104 valence electrons. The van der Waals surface area contributed by atoms with Crippen molar-refractivity contribution in [2.24, 2.45) is 0 Å². The van der Waals surface area contributed by atoms with E-state index in [-0.39, 0.29) is 6.54 Å². The van der Waals surface area contributed by atoms with Crippen LogP contribution in [0.1, 0.15) is 16.1 Å². The molecule has 19 heavy (non-hydrogen) atoms. The molecule has 0 atom stereocenters. The number of aryl methyl sites for hydroxylation is 1. The molecule has 0 aliphatic heterocycles. The fraction of sp³-hybridized carbons (Fsp3) is 0.364. The summed E-state index contributed by atoms with van der Waals surface area (Å²) in [6.45, 7) is 2.58. The maximum atomic E-state index is 12.3. The Morgan fingerprint density at radius 3 is 2.74 bits per heavy atom. The van der Waals surface area contributed by atoms with Gasteiger partial charge in [0.25, 0.3) is 0 Å². The Morgan fingerprint density at radius 1 is 1.32 bits per heavy atom. The highest BCUT2D eigenvalue weighted by atomic mass is 32.2. The van der Waals surface area contributed by atoms with Gasteiger partial charge in [-0.15, -0.1) is 22.7 Å². The quantitative estimate of drug-likeness (QED) is 0.851. The normalized spacial score (nSPS) is 11.9. The van der Waals surface area contributed by atoms with Crippen LogP contribution in [-0.2, 0) is 23.1 Å². The predicted octanol–water partition coefficient (Wildman–Crippen LogP) is 1.71. The first-order valence-electron chi connectivity index (χ1n) is 5.63. The third kappa shape index (κ3) is 3.40. The van der Waals surface area contributed by atoms with Crippen LogP contribution in [0, 0.1) is 6.92 Å². The van der Waals surface area contributed by atoms with Gasteiger partial charge in [0, 0.05) is 16.8 Å². The largest absolute Gasteiger partial charge is 0.315 e. The first-order chi connectivity index (χ1) is 9.04. The van der Waals surface area contributed by atoms with Gasteiger partial charge in [-0.3, -0.25) is 0 Å².